The molecule has 1 N–H and O–H groups in total. The van der Waals surface area contributed by atoms with Crippen molar-refractivity contribution in [2.45, 2.75) is 25.7 Å². The van der Waals surface area contributed by atoms with E-state index >= 15 is 0 Å². The molecule has 1 aromatic heterocycles. The van der Waals surface area contributed by atoms with Crippen LogP contribution in [0.3, 0.4) is 0 Å². The van der Waals surface area contributed by atoms with Crippen molar-refractivity contribution in [3.63, 3.8) is 0 Å². The van der Waals surface area contributed by atoms with Crippen LogP contribution in [0.5, 0.6) is 0 Å². The molecule has 1 heterocycles. The molecule has 76 valence electrons. The highest BCUT2D eigenvalue weighted by Crippen LogP contribution is 2.37. The van der Waals surface area contributed by atoms with Gasteiger partial charge in [-0.1, -0.05) is 30.3 Å². The molecular weight excluding hydrogens is 184 g/mol. The zero-order valence-electron chi connectivity index (χ0n) is 8.83. The highest BCUT2D eigenvalue weighted by molar-refractivity contribution is 5.39. The normalized spacial score (nSPS) is 19.1. The summed E-state index contributed by atoms with van der Waals surface area (Å²) in [5.41, 5.74) is 5.33. The number of nitrogens with one attached hydrogen (secondary N) is 1. The largest absolute Gasteiger partial charge is 0.282 e. The number of aryl methyl sites for hydroxylation is 1. The second-order valence-corrected chi connectivity index (χ2v) is 4.21. The average Bonchev–Trinajstić information content (AvgIpc) is 2.83. The first kappa shape index (κ1) is 8.72. The number of fused-ring (bicyclic) bond motifs is 1. The summed E-state index contributed by atoms with van der Waals surface area (Å²) in [7, 11) is 0. The van der Waals surface area contributed by atoms with Crippen LogP contribution in [-0.2, 0) is 6.42 Å². The molecule has 1 aliphatic carbocycles. The molecule has 0 radical (unpaired) electrons. The molecule has 2 aromatic rings. The van der Waals surface area contributed by atoms with Crippen molar-refractivity contribution < 1.29 is 0 Å². The molecule has 0 bridgehead atoms. The number of aromatic nitrogens is 2. The summed E-state index contributed by atoms with van der Waals surface area (Å²) < 4.78 is 0. The van der Waals surface area contributed by atoms with E-state index in [1.807, 2.05) is 0 Å². The molecule has 3 rings (SSSR count). The van der Waals surface area contributed by atoms with Crippen LogP contribution in [0.1, 0.15) is 34.9 Å². The van der Waals surface area contributed by atoms with Crippen molar-refractivity contribution in [1.29, 1.82) is 0 Å². The number of aromatic amines is 1. The quantitative estimate of drug-likeness (QED) is 0.750. The third kappa shape index (κ3) is 1.29. The molecular formula is C13H14N2. The van der Waals surface area contributed by atoms with Gasteiger partial charge in [0.15, 0.2) is 0 Å². The van der Waals surface area contributed by atoms with Crippen LogP contribution in [-0.4, -0.2) is 10.2 Å². The van der Waals surface area contributed by atoms with Gasteiger partial charge in [-0.25, -0.2) is 0 Å². The third-order valence-electron chi connectivity index (χ3n) is 3.32. The van der Waals surface area contributed by atoms with Gasteiger partial charge in [0.05, 0.1) is 5.69 Å². The molecule has 0 aliphatic heterocycles. The van der Waals surface area contributed by atoms with Crippen LogP contribution in [0.4, 0.5) is 0 Å². The number of H-pyrrole nitrogens is 1. The van der Waals surface area contributed by atoms with E-state index < -0.39 is 0 Å². The first-order valence-corrected chi connectivity index (χ1v) is 5.45. The predicted octanol–water partition coefficient (Wildman–Crippen LogP) is 2.80. The topological polar surface area (TPSA) is 28.7 Å². The van der Waals surface area contributed by atoms with E-state index in [-0.39, 0.29) is 0 Å². The summed E-state index contributed by atoms with van der Waals surface area (Å²) >= 11 is 0. The monoisotopic (exact) mass is 198 g/mol. The van der Waals surface area contributed by atoms with Gasteiger partial charge in [0, 0.05) is 11.6 Å². The first-order chi connectivity index (χ1) is 7.36. The minimum Gasteiger partial charge on any atom is -0.282 e. The fourth-order valence-corrected chi connectivity index (χ4v) is 2.51. The Morgan fingerprint density at radius 2 is 2.07 bits per heavy atom. The molecule has 0 saturated carbocycles. The van der Waals surface area contributed by atoms with Gasteiger partial charge >= 0.3 is 0 Å². The van der Waals surface area contributed by atoms with Crippen LogP contribution >= 0.6 is 0 Å². The lowest BCUT2D eigenvalue weighted by Crippen LogP contribution is -1.96. The Balaban J connectivity index is 2.04. The average molecular weight is 198 g/mol. The van der Waals surface area contributed by atoms with E-state index in [2.05, 4.69) is 47.5 Å². The third-order valence-corrected chi connectivity index (χ3v) is 3.32. The van der Waals surface area contributed by atoms with Gasteiger partial charge in [-0.15, -0.1) is 0 Å². The summed E-state index contributed by atoms with van der Waals surface area (Å²) in [6, 6.07) is 10.7. The molecule has 1 unspecified atom stereocenters. The lowest BCUT2D eigenvalue weighted by atomic mass is 9.97. The summed E-state index contributed by atoms with van der Waals surface area (Å²) in [4.78, 5) is 0. The van der Waals surface area contributed by atoms with E-state index in [0.29, 0.717) is 5.92 Å². The Labute approximate surface area is 89.3 Å². The van der Waals surface area contributed by atoms with Crippen molar-refractivity contribution in [1.82, 2.24) is 10.2 Å². The van der Waals surface area contributed by atoms with Gasteiger partial charge in [0.25, 0.3) is 0 Å². The SMILES string of the molecule is Cc1[nH]nc2c1CCC2c1ccccc1. The van der Waals surface area contributed by atoms with Crippen LogP contribution < -0.4 is 0 Å². The second-order valence-electron chi connectivity index (χ2n) is 4.21. The lowest BCUT2D eigenvalue weighted by Gasteiger charge is -2.08. The fraction of sp³-hybridized carbons (Fsp3) is 0.308. The van der Waals surface area contributed by atoms with E-state index in [9.17, 15) is 0 Å². The van der Waals surface area contributed by atoms with Crippen LogP contribution in [0.15, 0.2) is 30.3 Å². The fourth-order valence-electron chi connectivity index (χ4n) is 2.51. The van der Waals surface area contributed by atoms with Crippen molar-refractivity contribution in [2.75, 3.05) is 0 Å². The molecule has 0 amide bonds. The standard InChI is InChI=1S/C13H14N2/c1-9-11-7-8-12(13(11)15-14-9)10-5-3-2-4-6-10/h2-6,12H,7-8H2,1H3,(H,14,15). The summed E-state index contributed by atoms with van der Waals surface area (Å²) in [6.45, 7) is 2.11. The molecule has 0 fully saturated rings. The van der Waals surface area contributed by atoms with E-state index in [0.717, 1.165) is 6.42 Å². The highest BCUT2D eigenvalue weighted by atomic mass is 15.1. The molecule has 1 aliphatic rings. The molecule has 0 spiro atoms. The Bertz CT molecular complexity index is 471. The lowest BCUT2D eigenvalue weighted by molar-refractivity contribution is 0.749. The molecule has 15 heavy (non-hydrogen) atoms. The van der Waals surface area contributed by atoms with Crippen LogP contribution in [0, 0.1) is 6.92 Å². The van der Waals surface area contributed by atoms with Crippen LogP contribution in [0.25, 0.3) is 0 Å². The molecule has 2 heteroatoms. The van der Waals surface area contributed by atoms with Gasteiger partial charge in [0.1, 0.15) is 0 Å². The zero-order chi connectivity index (χ0) is 10.3. The number of rotatable bonds is 1. The van der Waals surface area contributed by atoms with Crippen molar-refractivity contribution in [3.8, 4) is 0 Å². The van der Waals surface area contributed by atoms with Gasteiger partial charge < -0.3 is 0 Å². The van der Waals surface area contributed by atoms with E-state index in [4.69, 9.17) is 0 Å². The summed E-state index contributed by atoms with van der Waals surface area (Å²) in [5.74, 6) is 0.506. The van der Waals surface area contributed by atoms with Gasteiger partial charge in [0.2, 0.25) is 0 Å². The first-order valence-electron chi connectivity index (χ1n) is 5.45. The number of benzene rings is 1. The molecule has 1 atom stereocenters. The molecule has 0 saturated heterocycles. The second kappa shape index (κ2) is 3.23. The maximum Gasteiger partial charge on any atom is 0.0731 e. The number of hydrogen-bond donors (Lipinski definition) is 1. The Hall–Kier alpha value is -1.57. The summed E-state index contributed by atoms with van der Waals surface area (Å²) in [6.07, 6.45) is 2.37. The Morgan fingerprint density at radius 3 is 2.87 bits per heavy atom. The van der Waals surface area contributed by atoms with E-state index in [1.165, 1.54) is 28.9 Å². The Kier molecular flexibility index (Phi) is 1.88. The van der Waals surface area contributed by atoms with Crippen LogP contribution in [0.2, 0.25) is 0 Å². The van der Waals surface area contributed by atoms with Gasteiger partial charge in [-0.05, 0) is 30.9 Å². The van der Waals surface area contributed by atoms with Crippen molar-refractivity contribution in [3.05, 3.63) is 52.8 Å². The zero-order valence-corrected chi connectivity index (χ0v) is 8.83. The summed E-state index contributed by atoms with van der Waals surface area (Å²) in [5, 5.41) is 7.52. The number of hydrogen-bond acceptors (Lipinski definition) is 1. The minimum absolute atomic E-state index is 0.506. The van der Waals surface area contributed by atoms with Crippen molar-refractivity contribution in [2.24, 2.45) is 0 Å². The highest BCUT2D eigenvalue weighted by Gasteiger charge is 2.27. The smallest absolute Gasteiger partial charge is 0.0731 e. The van der Waals surface area contributed by atoms with E-state index in [1.54, 1.807) is 0 Å². The number of nitrogens with zero attached hydrogens (tertiary/aromatic N) is 1. The van der Waals surface area contributed by atoms with Crippen molar-refractivity contribution >= 4 is 0 Å². The van der Waals surface area contributed by atoms with Gasteiger partial charge in [-0.3, -0.25) is 5.10 Å². The minimum atomic E-state index is 0.506. The maximum atomic E-state index is 4.43. The predicted molar refractivity (Wildman–Crippen MR) is 59.9 cm³/mol. The van der Waals surface area contributed by atoms with Gasteiger partial charge in [-0.2, -0.15) is 5.10 Å². The maximum absolute atomic E-state index is 4.43. The molecule has 1 aromatic carbocycles. The Morgan fingerprint density at radius 1 is 1.27 bits per heavy atom. The molecule has 2 nitrogen and oxygen atoms in total.